The van der Waals surface area contributed by atoms with Crippen LogP contribution in [0.4, 0.5) is 0 Å². The molecule has 18 heavy (non-hydrogen) atoms. The molecule has 0 aliphatic rings. The Morgan fingerprint density at radius 1 is 1.50 bits per heavy atom. The lowest BCUT2D eigenvalue weighted by molar-refractivity contribution is 0.471. The van der Waals surface area contributed by atoms with Gasteiger partial charge in [-0.2, -0.15) is 4.31 Å². The highest BCUT2D eigenvalue weighted by Gasteiger charge is 2.26. The van der Waals surface area contributed by atoms with Crippen LogP contribution in [0, 0.1) is 6.92 Å². The fraction of sp³-hybridized carbons (Fsp3) is 0.300. The molecule has 2 rings (SSSR count). The largest absolute Gasteiger partial charge is 0.254 e. The van der Waals surface area contributed by atoms with Gasteiger partial charge in [-0.15, -0.1) is 11.3 Å². The third-order valence-electron chi connectivity index (χ3n) is 2.33. The van der Waals surface area contributed by atoms with Crippen molar-refractivity contribution in [2.45, 2.75) is 17.7 Å². The molecule has 0 bridgehead atoms. The molecule has 2 aromatic heterocycles. The molecule has 0 saturated heterocycles. The summed E-state index contributed by atoms with van der Waals surface area (Å²) in [5, 5.41) is 1.92. The van der Waals surface area contributed by atoms with Crippen molar-refractivity contribution in [2.24, 2.45) is 0 Å². The number of aromatic nitrogens is 1. The number of nitrogens with zero attached hydrogens (tertiary/aromatic N) is 2. The second-order valence-electron chi connectivity index (χ2n) is 3.68. The Bertz CT molecular complexity index is 634. The normalized spacial score (nSPS) is 12.2. The van der Waals surface area contributed by atoms with Gasteiger partial charge >= 0.3 is 0 Å². The van der Waals surface area contributed by atoms with Crippen LogP contribution in [0.3, 0.4) is 0 Å². The Balaban J connectivity index is 2.28. The number of aryl methyl sites for hydroxylation is 1. The predicted molar refractivity (Wildman–Crippen MR) is 74.8 cm³/mol. The number of sulfonamides is 1. The Labute approximate surface area is 119 Å². The van der Waals surface area contributed by atoms with Crippen LogP contribution in [0.2, 0.25) is 4.47 Å². The van der Waals surface area contributed by atoms with Crippen LogP contribution in [0.1, 0.15) is 10.6 Å². The van der Waals surface area contributed by atoms with Crippen LogP contribution >= 0.6 is 34.3 Å². The number of rotatable bonds is 4. The van der Waals surface area contributed by atoms with Crippen molar-refractivity contribution in [2.75, 3.05) is 7.05 Å². The summed E-state index contributed by atoms with van der Waals surface area (Å²) in [5.41, 5.74) is 0.447. The van der Waals surface area contributed by atoms with Crippen molar-refractivity contribution in [3.05, 3.63) is 32.6 Å². The third-order valence-corrected chi connectivity index (χ3v) is 6.84. The van der Waals surface area contributed by atoms with E-state index in [1.165, 1.54) is 15.6 Å². The van der Waals surface area contributed by atoms with Crippen molar-refractivity contribution in [1.82, 2.24) is 9.29 Å². The lowest BCUT2D eigenvalue weighted by Gasteiger charge is -2.15. The van der Waals surface area contributed by atoms with Crippen molar-refractivity contribution in [3.8, 4) is 0 Å². The quantitative estimate of drug-likeness (QED) is 0.869. The molecule has 8 heteroatoms. The Hall–Kier alpha value is -0.470. The lowest BCUT2D eigenvalue weighted by atomic mass is 10.5. The minimum atomic E-state index is -3.51. The first-order valence-electron chi connectivity index (χ1n) is 5.03. The summed E-state index contributed by atoms with van der Waals surface area (Å²) < 4.78 is 26.4. The fourth-order valence-corrected chi connectivity index (χ4v) is 5.35. The zero-order valence-electron chi connectivity index (χ0n) is 9.75. The first kappa shape index (κ1) is 14.0. The molecule has 0 unspecified atom stereocenters. The molecule has 0 fully saturated rings. The van der Waals surface area contributed by atoms with Gasteiger partial charge in [0.25, 0.3) is 10.0 Å². The molecule has 98 valence electrons. The number of thiophene rings is 1. The summed E-state index contributed by atoms with van der Waals surface area (Å²) in [6.45, 7) is 2.00. The number of hydrogen-bond acceptors (Lipinski definition) is 5. The van der Waals surface area contributed by atoms with E-state index in [0.717, 1.165) is 16.2 Å². The van der Waals surface area contributed by atoms with Crippen LogP contribution in [0.15, 0.2) is 21.7 Å². The molecule has 0 atom stereocenters. The van der Waals surface area contributed by atoms with Gasteiger partial charge in [-0.25, -0.2) is 13.4 Å². The minimum Gasteiger partial charge on any atom is -0.229 e. The second kappa shape index (κ2) is 5.26. The maximum absolute atomic E-state index is 12.3. The lowest BCUT2D eigenvalue weighted by Crippen LogP contribution is -2.26. The number of thiazole rings is 1. The molecule has 2 heterocycles. The first-order valence-corrected chi connectivity index (χ1v) is 8.54. The molecular weight excluding hydrogens is 312 g/mol. The summed E-state index contributed by atoms with van der Waals surface area (Å²) in [6, 6.07) is 3.80. The Morgan fingerprint density at radius 3 is 2.72 bits per heavy atom. The van der Waals surface area contributed by atoms with Gasteiger partial charge in [0.2, 0.25) is 0 Å². The van der Waals surface area contributed by atoms with Gasteiger partial charge in [-0.1, -0.05) is 29.0 Å². The zero-order chi connectivity index (χ0) is 13.3. The molecule has 2 aromatic rings. The van der Waals surface area contributed by atoms with Gasteiger partial charge in [0.05, 0.1) is 5.69 Å². The smallest absolute Gasteiger partial charge is 0.229 e. The maximum Gasteiger partial charge on any atom is 0.254 e. The summed E-state index contributed by atoms with van der Waals surface area (Å²) in [6.07, 6.45) is 0. The molecule has 4 nitrogen and oxygen atoms in total. The molecule has 0 aliphatic heterocycles. The van der Waals surface area contributed by atoms with Gasteiger partial charge in [0, 0.05) is 18.5 Å². The highest BCUT2D eigenvalue weighted by atomic mass is 35.5. The van der Waals surface area contributed by atoms with E-state index < -0.39 is 10.0 Å². The summed E-state index contributed by atoms with van der Waals surface area (Å²) >= 11 is 8.26. The average Bonchev–Trinajstić information content (AvgIpc) is 2.88. The molecule has 0 aromatic carbocycles. The highest BCUT2D eigenvalue weighted by Crippen LogP contribution is 2.29. The average molecular weight is 323 g/mol. The van der Waals surface area contributed by atoms with E-state index >= 15 is 0 Å². The van der Waals surface area contributed by atoms with E-state index in [9.17, 15) is 8.42 Å². The minimum absolute atomic E-state index is 0.214. The number of hydrogen-bond donors (Lipinski definition) is 0. The van der Waals surface area contributed by atoms with Crippen LogP contribution < -0.4 is 0 Å². The molecule has 0 radical (unpaired) electrons. The molecule has 0 N–H and O–H groups in total. The van der Waals surface area contributed by atoms with Crippen molar-refractivity contribution in [3.63, 3.8) is 0 Å². The summed E-state index contributed by atoms with van der Waals surface area (Å²) in [7, 11) is -1.96. The van der Waals surface area contributed by atoms with Crippen LogP contribution in [0.5, 0.6) is 0 Å². The predicted octanol–water partition coefficient (Wildman–Crippen LogP) is 2.99. The van der Waals surface area contributed by atoms with Gasteiger partial charge in [0.1, 0.15) is 0 Å². The third kappa shape index (κ3) is 2.75. The van der Waals surface area contributed by atoms with E-state index in [1.54, 1.807) is 14.0 Å². The topological polar surface area (TPSA) is 50.3 Å². The van der Waals surface area contributed by atoms with Gasteiger partial charge < -0.3 is 0 Å². The summed E-state index contributed by atoms with van der Waals surface area (Å²) in [5.74, 6) is 0. The SMILES string of the molecule is Cc1nc(Cl)sc1S(=O)(=O)N(C)Cc1cccs1. The fourth-order valence-electron chi connectivity index (χ4n) is 1.44. The highest BCUT2D eigenvalue weighted by molar-refractivity contribution is 7.91. The van der Waals surface area contributed by atoms with E-state index in [0.29, 0.717) is 12.2 Å². The van der Waals surface area contributed by atoms with E-state index in [1.807, 2.05) is 17.5 Å². The van der Waals surface area contributed by atoms with Crippen LogP contribution in [-0.2, 0) is 16.6 Å². The first-order chi connectivity index (χ1) is 8.41. The van der Waals surface area contributed by atoms with Crippen molar-refractivity contribution >= 4 is 44.3 Å². The van der Waals surface area contributed by atoms with E-state index in [4.69, 9.17) is 11.6 Å². The molecule has 0 spiro atoms. The monoisotopic (exact) mass is 322 g/mol. The molecule has 0 amide bonds. The molecule has 0 aliphatic carbocycles. The van der Waals surface area contributed by atoms with Crippen molar-refractivity contribution in [1.29, 1.82) is 0 Å². The van der Waals surface area contributed by atoms with Crippen molar-refractivity contribution < 1.29 is 8.42 Å². The Morgan fingerprint density at radius 2 is 2.22 bits per heavy atom. The van der Waals surface area contributed by atoms with Gasteiger partial charge in [-0.3, -0.25) is 0 Å². The van der Waals surface area contributed by atoms with E-state index in [-0.39, 0.29) is 8.68 Å². The second-order valence-corrected chi connectivity index (χ2v) is 8.53. The van der Waals surface area contributed by atoms with Gasteiger partial charge in [0.15, 0.2) is 8.68 Å². The van der Waals surface area contributed by atoms with Gasteiger partial charge in [-0.05, 0) is 18.4 Å². The summed E-state index contributed by atoms with van der Waals surface area (Å²) in [4.78, 5) is 4.93. The molecule has 0 saturated carbocycles. The standard InChI is InChI=1S/C10H11ClN2O2S3/c1-7-9(17-10(11)12-7)18(14,15)13(2)6-8-4-3-5-16-8/h3-5H,6H2,1-2H3. The molecular formula is C10H11ClN2O2S3. The maximum atomic E-state index is 12.3. The number of halogens is 1. The van der Waals surface area contributed by atoms with E-state index in [2.05, 4.69) is 4.98 Å². The zero-order valence-corrected chi connectivity index (χ0v) is 13.0. The van der Waals surface area contributed by atoms with Crippen LogP contribution in [-0.4, -0.2) is 24.8 Å². The van der Waals surface area contributed by atoms with Crippen LogP contribution in [0.25, 0.3) is 0 Å². The Kier molecular flexibility index (Phi) is 4.08.